The number of aryl methyl sites for hydroxylation is 1. The van der Waals surface area contributed by atoms with Crippen LogP contribution in [0.5, 0.6) is 0 Å². The van der Waals surface area contributed by atoms with Crippen LogP contribution in [-0.4, -0.2) is 54.6 Å². The molecule has 4 rings (SSSR count). The molecule has 1 N–H and O–H groups in total. The molecule has 0 aromatic carbocycles. The van der Waals surface area contributed by atoms with Gasteiger partial charge in [-0.3, -0.25) is 9.69 Å². The van der Waals surface area contributed by atoms with E-state index in [1.54, 1.807) is 27.6 Å². The largest absolute Gasteiger partial charge is 0.450 e. The van der Waals surface area contributed by atoms with Crippen molar-refractivity contribution in [3.8, 4) is 0 Å². The van der Waals surface area contributed by atoms with Crippen molar-refractivity contribution in [3.05, 3.63) is 60.8 Å². The number of nitrogens with one attached hydrogen (secondary N) is 1. The molecule has 0 bridgehead atoms. The first-order valence-corrected chi connectivity index (χ1v) is 13.2. The molecule has 9 heteroatoms. The number of hydrogen-bond acceptors (Lipinski definition) is 7. The van der Waals surface area contributed by atoms with Crippen molar-refractivity contribution in [2.24, 2.45) is 0 Å². The summed E-state index contributed by atoms with van der Waals surface area (Å²) in [6, 6.07) is 7.99. The summed E-state index contributed by atoms with van der Waals surface area (Å²) in [6.07, 6.45) is -0.244. The number of anilines is 1. The second-order valence-electron chi connectivity index (χ2n) is 7.60. The van der Waals surface area contributed by atoms with Crippen LogP contribution in [-0.2, 0) is 4.74 Å². The standard InChI is InChI=1S/C23H27N3O3S3/c1-4-29-23(28)26-11-9-25(10-12-26)20(17-7-5-13-30-17)19-15(2)16(3)32-22(19)24-21(27)18-8-6-14-31-18/h5-8,13-14,20H,4,9-12H2,1-3H3,(H,24,27)/t20-/m0/s1. The highest BCUT2D eigenvalue weighted by molar-refractivity contribution is 7.17. The molecule has 0 saturated carbocycles. The smallest absolute Gasteiger partial charge is 0.409 e. The molecule has 4 heterocycles. The van der Waals surface area contributed by atoms with Gasteiger partial charge in [-0.15, -0.1) is 34.0 Å². The molecule has 3 aromatic heterocycles. The highest BCUT2D eigenvalue weighted by Gasteiger charge is 2.33. The maximum Gasteiger partial charge on any atom is 0.409 e. The van der Waals surface area contributed by atoms with Crippen molar-refractivity contribution >= 4 is 51.0 Å². The Morgan fingerprint density at radius 1 is 1.09 bits per heavy atom. The topological polar surface area (TPSA) is 61.9 Å². The summed E-state index contributed by atoms with van der Waals surface area (Å²) in [5.74, 6) is -0.0699. The molecule has 32 heavy (non-hydrogen) atoms. The quantitative estimate of drug-likeness (QED) is 0.489. The number of amides is 2. The Morgan fingerprint density at radius 2 is 1.81 bits per heavy atom. The molecule has 6 nitrogen and oxygen atoms in total. The third-order valence-electron chi connectivity index (χ3n) is 5.70. The molecule has 0 radical (unpaired) electrons. The van der Waals surface area contributed by atoms with Crippen molar-refractivity contribution in [3.63, 3.8) is 0 Å². The van der Waals surface area contributed by atoms with E-state index in [4.69, 9.17) is 4.74 Å². The third kappa shape index (κ3) is 4.76. The van der Waals surface area contributed by atoms with Crippen LogP contribution in [0.25, 0.3) is 0 Å². The Hall–Kier alpha value is -2.20. The average molecular weight is 490 g/mol. The number of thiophene rings is 3. The molecule has 2 amide bonds. The number of rotatable bonds is 6. The number of hydrogen-bond donors (Lipinski definition) is 1. The van der Waals surface area contributed by atoms with E-state index in [9.17, 15) is 9.59 Å². The molecule has 170 valence electrons. The van der Waals surface area contributed by atoms with E-state index in [0.717, 1.165) is 23.7 Å². The molecule has 0 unspecified atom stereocenters. The normalized spacial score (nSPS) is 15.5. The van der Waals surface area contributed by atoms with E-state index < -0.39 is 0 Å². The molecule has 1 fully saturated rings. The van der Waals surface area contributed by atoms with Gasteiger partial charge in [-0.05, 0) is 49.2 Å². The lowest BCUT2D eigenvalue weighted by molar-refractivity contribution is 0.0719. The van der Waals surface area contributed by atoms with Gasteiger partial charge in [-0.1, -0.05) is 12.1 Å². The van der Waals surface area contributed by atoms with E-state index in [1.807, 2.05) is 24.4 Å². The van der Waals surface area contributed by atoms with Gasteiger partial charge in [0, 0.05) is 41.5 Å². The van der Waals surface area contributed by atoms with E-state index >= 15 is 0 Å². The fourth-order valence-corrected chi connectivity index (χ4v) is 6.54. The number of carbonyl (C=O) groups excluding carboxylic acids is 2. The van der Waals surface area contributed by atoms with E-state index in [-0.39, 0.29) is 18.0 Å². The summed E-state index contributed by atoms with van der Waals surface area (Å²) in [5.41, 5.74) is 2.37. The van der Waals surface area contributed by atoms with E-state index in [1.165, 1.54) is 26.7 Å². The molecule has 0 aliphatic carbocycles. The van der Waals surface area contributed by atoms with Gasteiger partial charge in [0.25, 0.3) is 5.91 Å². The number of nitrogens with zero attached hydrogens (tertiary/aromatic N) is 2. The van der Waals surface area contributed by atoms with E-state index in [2.05, 4.69) is 41.6 Å². The Kier molecular flexibility index (Phi) is 7.30. The van der Waals surface area contributed by atoms with Crippen LogP contribution in [0.2, 0.25) is 0 Å². The first-order chi connectivity index (χ1) is 15.5. The molecular weight excluding hydrogens is 462 g/mol. The zero-order valence-corrected chi connectivity index (χ0v) is 20.9. The van der Waals surface area contributed by atoms with Crippen LogP contribution < -0.4 is 5.32 Å². The van der Waals surface area contributed by atoms with Crippen molar-refractivity contribution in [1.29, 1.82) is 0 Å². The minimum absolute atomic E-state index is 0.0305. The molecule has 1 aliphatic heterocycles. The van der Waals surface area contributed by atoms with Crippen molar-refractivity contribution in [2.75, 3.05) is 38.1 Å². The molecule has 3 aromatic rings. The molecule has 1 saturated heterocycles. The van der Waals surface area contributed by atoms with Crippen molar-refractivity contribution in [2.45, 2.75) is 26.8 Å². The first-order valence-electron chi connectivity index (χ1n) is 10.6. The summed E-state index contributed by atoms with van der Waals surface area (Å²) in [6.45, 7) is 9.19. The number of piperazine rings is 1. The third-order valence-corrected chi connectivity index (χ3v) is 8.63. The van der Waals surface area contributed by atoms with Gasteiger partial charge in [-0.2, -0.15) is 0 Å². The van der Waals surface area contributed by atoms with Gasteiger partial charge in [-0.25, -0.2) is 4.79 Å². The van der Waals surface area contributed by atoms with Crippen LogP contribution in [0.3, 0.4) is 0 Å². The van der Waals surface area contributed by atoms with Crippen LogP contribution in [0, 0.1) is 13.8 Å². The first kappa shape index (κ1) is 23.0. The predicted molar refractivity (Wildman–Crippen MR) is 132 cm³/mol. The SMILES string of the molecule is CCOC(=O)N1CCN([C@@H](c2cccs2)c2c(NC(=O)c3cccs3)sc(C)c2C)CC1. The highest BCUT2D eigenvalue weighted by Crippen LogP contribution is 2.43. The predicted octanol–water partition coefficient (Wildman–Crippen LogP) is 5.60. The lowest BCUT2D eigenvalue weighted by Crippen LogP contribution is -2.50. The Labute approximate surface area is 200 Å². The maximum absolute atomic E-state index is 12.8. The molecule has 0 spiro atoms. The average Bonchev–Trinajstić information content (AvgIpc) is 3.55. The Morgan fingerprint density at radius 3 is 2.44 bits per heavy atom. The minimum Gasteiger partial charge on any atom is -0.450 e. The summed E-state index contributed by atoms with van der Waals surface area (Å²) in [4.78, 5) is 32.3. The van der Waals surface area contributed by atoms with Crippen LogP contribution in [0.4, 0.5) is 9.80 Å². The van der Waals surface area contributed by atoms with Gasteiger partial charge >= 0.3 is 6.09 Å². The second-order valence-corrected chi connectivity index (χ2v) is 10.7. The lowest BCUT2D eigenvalue weighted by Gasteiger charge is -2.39. The highest BCUT2D eigenvalue weighted by atomic mass is 32.1. The molecule has 1 atom stereocenters. The van der Waals surface area contributed by atoms with Crippen molar-refractivity contribution < 1.29 is 14.3 Å². The summed E-state index contributed by atoms with van der Waals surface area (Å²) in [7, 11) is 0. The summed E-state index contributed by atoms with van der Waals surface area (Å²) < 4.78 is 5.18. The van der Waals surface area contributed by atoms with E-state index in [0.29, 0.717) is 24.6 Å². The van der Waals surface area contributed by atoms with Gasteiger partial charge in [0.2, 0.25) is 0 Å². The molecular formula is C23H27N3O3S3. The fourth-order valence-electron chi connectivity index (χ4n) is 3.97. The fraction of sp³-hybridized carbons (Fsp3) is 0.391. The summed E-state index contributed by atoms with van der Waals surface area (Å²) in [5, 5.41) is 8.10. The van der Waals surface area contributed by atoms with Crippen LogP contribution in [0.15, 0.2) is 35.0 Å². The maximum atomic E-state index is 12.8. The van der Waals surface area contributed by atoms with Gasteiger partial charge in [0.15, 0.2) is 0 Å². The number of carbonyl (C=O) groups is 2. The molecule has 1 aliphatic rings. The monoisotopic (exact) mass is 489 g/mol. The van der Waals surface area contributed by atoms with Gasteiger partial charge < -0.3 is 15.0 Å². The zero-order chi connectivity index (χ0) is 22.7. The van der Waals surface area contributed by atoms with Crippen molar-refractivity contribution in [1.82, 2.24) is 9.80 Å². The summed E-state index contributed by atoms with van der Waals surface area (Å²) >= 11 is 4.80. The zero-order valence-electron chi connectivity index (χ0n) is 18.4. The Bertz CT molecular complexity index is 1050. The van der Waals surface area contributed by atoms with Gasteiger partial charge in [0.05, 0.1) is 17.5 Å². The lowest BCUT2D eigenvalue weighted by atomic mass is 9.99. The Balaban J connectivity index is 1.64. The van der Waals surface area contributed by atoms with Crippen LogP contribution >= 0.6 is 34.0 Å². The van der Waals surface area contributed by atoms with Gasteiger partial charge in [0.1, 0.15) is 5.00 Å². The second kappa shape index (κ2) is 10.2. The number of ether oxygens (including phenoxy) is 1. The minimum atomic E-state index is -0.244. The van der Waals surface area contributed by atoms with Crippen LogP contribution in [0.1, 0.15) is 43.5 Å².